The van der Waals surface area contributed by atoms with E-state index >= 15 is 0 Å². The molecule has 2 nitrogen and oxygen atoms in total. The summed E-state index contributed by atoms with van der Waals surface area (Å²) in [6.45, 7) is 1.32. The lowest BCUT2D eigenvalue weighted by molar-refractivity contribution is -0.138. The smallest absolute Gasteiger partial charge is 0.389 e. The first kappa shape index (κ1) is 14.5. The number of aryl methyl sites for hydroxylation is 1. The van der Waals surface area contributed by atoms with Gasteiger partial charge in [0.05, 0.1) is 11.7 Å². The Morgan fingerprint density at radius 2 is 1.88 bits per heavy atom. The third-order valence-electron chi connectivity index (χ3n) is 2.42. The summed E-state index contributed by atoms with van der Waals surface area (Å²) in [4.78, 5) is 0. The van der Waals surface area contributed by atoms with Crippen LogP contribution >= 0.6 is 15.9 Å². The second-order valence-corrected chi connectivity index (χ2v) is 4.39. The van der Waals surface area contributed by atoms with Crippen LogP contribution in [0.3, 0.4) is 0 Å². The fourth-order valence-electron chi connectivity index (χ4n) is 1.50. The average Bonchev–Trinajstić information content (AvgIpc) is 2.25. The van der Waals surface area contributed by atoms with Crippen LogP contribution in [0.25, 0.3) is 0 Å². The molecule has 0 heterocycles. The summed E-state index contributed by atoms with van der Waals surface area (Å²) in [5.74, 6) is 0. The van der Waals surface area contributed by atoms with Gasteiger partial charge in [0.15, 0.2) is 0 Å². The Labute approximate surface area is 105 Å². The zero-order chi connectivity index (χ0) is 13.2. The van der Waals surface area contributed by atoms with Crippen LogP contribution in [-0.4, -0.2) is 21.6 Å². The number of hydrogen-bond donors (Lipinski definition) is 2. The summed E-state index contributed by atoms with van der Waals surface area (Å²) in [6, 6.07) is 3.32. The molecule has 0 saturated carbocycles. The summed E-state index contributed by atoms with van der Waals surface area (Å²) in [5.41, 5.74) is -0.444. The molecule has 17 heavy (non-hydrogen) atoms. The van der Waals surface area contributed by atoms with Crippen LogP contribution in [0.5, 0.6) is 0 Å². The van der Waals surface area contributed by atoms with Crippen LogP contribution in [0.2, 0.25) is 0 Å². The second-order valence-electron chi connectivity index (χ2n) is 3.74. The van der Waals surface area contributed by atoms with Gasteiger partial charge in [-0.1, -0.05) is 28.1 Å². The van der Waals surface area contributed by atoms with Crippen molar-refractivity contribution in [3.8, 4) is 0 Å². The number of rotatable bonds is 3. The zero-order valence-corrected chi connectivity index (χ0v) is 10.6. The summed E-state index contributed by atoms with van der Waals surface area (Å²) in [6.07, 6.45) is -6.65. The molecule has 6 heteroatoms. The first-order valence-electron chi connectivity index (χ1n) is 4.87. The fraction of sp³-hybridized carbons (Fsp3) is 0.455. The minimum Gasteiger partial charge on any atom is -0.389 e. The third kappa shape index (κ3) is 3.43. The van der Waals surface area contributed by atoms with Gasteiger partial charge in [0.1, 0.15) is 6.10 Å². The summed E-state index contributed by atoms with van der Waals surface area (Å²) < 4.78 is 37.5. The molecule has 0 saturated heterocycles. The summed E-state index contributed by atoms with van der Waals surface area (Å²) in [7, 11) is 0. The van der Waals surface area contributed by atoms with Gasteiger partial charge in [0.2, 0.25) is 0 Å². The molecule has 0 aliphatic carbocycles. The van der Waals surface area contributed by atoms with Crippen molar-refractivity contribution in [2.45, 2.75) is 25.3 Å². The van der Waals surface area contributed by atoms with Gasteiger partial charge in [0.25, 0.3) is 0 Å². The van der Waals surface area contributed by atoms with Crippen molar-refractivity contribution in [3.05, 3.63) is 34.9 Å². The molecular formula is C11H12BrF3O2. The quantitative estimate of drug-likeness (QED) is 0.843. The van der Waals surface area contributed by atoms with E-state index in [2.05, 4.69) is 15.9 Å². The molecule has 0 radical (unpaired) electrons. The van der Waals surface area contributed by atoms with Crippen LogP contribution < -0.4 is 0 Å². The number of aliphatic hydroxyl groups excluding tert-OH is 2. The van der Waals surface area contributed by atoms with Crippen LogP contribution in [0.15, 0.2) is 18.2 Å². The van der Waals surface area contributed by atoms with Crippen molar-refractivity contribution >= 4 is 15.9 Å². The van der Waals surface area contributed by atoms with Crippen molar-refractivity contribution < 1.29 is 23.4 Å². The van der Waals surface area contributed by atoms with Crippen LogP contribution in [0.4, 0.5) is 13.2 Å². The number of alkyl halides is 4. The van der Waals surface area contributed by atoms with Crippen LogP contribution in [0, 0.1) is 6.92 Å². The van der Waals surface area contributed by atoms with Crippen LogP contribution in [-0.2, 0) is 6.18 Å². The standard InChI is InChI=1S/C11H12BrF3O2/c1-6-4-7(10(17)9(16)5-12)2-3-8(6)11(13,14)15/h2-4,9-10,16-17H,5H2,1H3. The minimum atomic E-state index is -4.40. The molecule has 2 unspecified atom stereocenters. The molecule has 0 amide bonds. The maximum Gasteiger partial charge on any atom is 0.416 e. The highest BCUT2D eigenvalue weighted by atomic mass is 79.9. The van der Waals surface area contributed by atoms with Gasteiger partial charge < -0.3 is 10.2 Å². The normalized spacial score (nSPS) is 15.7. The second kappa shape index (κ2) is 5.37. The average molecular weight is 313 g/mol. The lowest BCUT2D eigenvalue weighted by Crippen LogP contribution is -2.20. The molecule has 0 aromatic heterocycles. The highest BCUT2D eigenvalue weighted by Crippen LogP contribution is 2.33. The summed E-state index contributed by atoms with van der Waals surface area (Å²) in [5, 5.41) is 19.2. The minimum absolute atomic E-state index is 0.0239. The monoisotopic (exact) mass is 312 g/mol. The zero-order valence-electron chi connectivity index (χ0n) is 9.00. The Bertz CT molecular complexity index is 393. The maximum atomic E-state index is 12.5. The van der Waals surface area contributed by atoms with E-state index in [4.69, 9.17) is 0 Å². The maximum absolute atomic E-state index is 12.5. The molecule has 2 N–H and O–H groups in total. The van der Waals surface area contributed by atoms with E-state index < -0.39 is 23.9 Å². The number of benzene rings is 1. The molecule has 0 spiro atoms. The van der Waals surface area contributed by atoms with E-state index in [0.29, 0.717) is 0 Å². The predicted octanol–water partition coefficient (Wildman–Crippen LogP) is 2.80. The third-order valence-corrected chi connectivity index (χ3v) is 3.08. The highest BCUT2D eigenvalue weighted by Gasteiger charge is 2.32. The lowest BCUT2D eigenvalue weighted by Gasteiger charge is -2.18. The molecule has 0 aliphatic rings. The van der Waals surface area contributed by atoms with Crippen LogP contribution in [0.1, 0.15) is 22.8 Å². The molecule has 1 aromatic rings. The van der Waals surface area contributed by atoms with Gasteiger partial charge in [-0.05, 0) is 24.1 Å². The number of aliphatic hydroxyl groups is 2. The van der Waals surface area contributed by atoms with Gasteiger partial charge in [-0.2, -0.15) is 13.2 Å². The Kier molecular flexibility index (Phi) is 4.57. The number of halogens is 4. The SMILES string of the molecule is Cc1cc(C(O)C(O)CBr)ccc1C(F)(F)F. The van der Waals surface area contributed by atoms with E-state index in [1.807, 2.05) is 0 Å². The Hall–Kier alpha value is -0.590. The van der Waals surface area contributed by atoms with E-state index in [1.54, 1.807) is 0 Å². The number of hydrogen-bond acceptors (Lipinski definition) is 2. The Balaban J connectivity index is 3.05. The van der Waals surface area contributed by atoms with Gasteiger partial charge in [-0.3, -0.25) is 0 Å². The van der Waals surface area contributed by atoms with E-state index in [-0.39, 0.29) is 16.5 Å². The van der Waals surface area contributed by atoms with E-state index in [9.17, 15) is 23.4 Å². The molecule has 0 fully saturated rings. The van der Waals surface area contributed by atoms with Crippen molar-refractivity contribution in [3.63, 3.8) is 0 Å². The van der Waals surface area contributed by atoms with Gasteiger partial charge in [-0.25, -0.2) is 0 Å². The highest BCUT2D eigenvalue weighted by molar-refractivity contribution is 9.09. The van der Waals surface area contributed by atoms with Crippen molar-refractivity contribution in [2.24, 2.45) is 0 Å². The van der Waals surface area contributed by atoms with Crippen molar-refractivity contribution in [2.75, 3.05) is 5.33 Å². The predicted molar refractivity (Wildman–Crippen MR) is 60.9 cm³/mol. The van der Waals surface area contributed by atoms with E-state index in [0.717, 1.165) is 6.07 Å². The van der Waals surface area contributed by atoms with Crippen molar-refractivity contribution in [1.82, 2.24) is 0 Å². The first-order valence-corrected chi connectivity index (χ1v) is 5.99. The topological polar surface area (TPSA) is 40.5 Å². The fourth-order valence-corrected chi connectivity index (χ4v) is 1.85. The molecule has 1 aromatic carbocycles. The molecule has 2 atom stereocenters. The van der Waals surface area contributed by atoms with E-state index in [1.165, 1.54) is 19.1 Å². The molecule has 0 aliphatic heterocycles. The molecule has 0 bridgehead atoms. The molecular weight excluding hydrogens is 301 g/mol. The molecule has 1 rings (SSSR count). The van der Waals surface area contributed by atoms with Crippen molar-refractivity contribution in [1.29, 1.82) is 0 Å². The lowest BCUT2D eigenvalue weighted by atomic mass is 9.99. The first-order chi connectivity index (χ1) is 7.77. The largest absolute Gasteiger partial charge is 0.416 e. The molecule has 96 valence electrons. The Morgan fingerprint density at radius 1 is 1.29 bits per heavy atom. The summed E-state index contributed by atoms with van der Waals surface area (Å²) >= 11 is 2.99. The van der Waals surface area contributed by atoms with Gasteiger partial charge >= 0.3 is 6.18 Å². The van der Waals surface area contributed by atoms with Gasteiger partial charge in [-0.15, -0.1) is 0 Å². The Morgan fingerprint density at radius 3 is 2.29 bits per heavy atom. The van der Waals surface area contributed by atoms with Gasteiger partial charge in [0, 0.05) is 5.33 Å².